The quantitative estimate of drug-likeness (QED) is 0.573. The maximum absolute atomic E-state index is 12.3. The second-order valence-electron chi connectivity index (χ2n) is 9.73. The molecule has 1 N–H and O–H groups in total. The van der Waals surface area contributed by atoms with Crippen LogP contribution in [0.2, 0.25) is 0 Å². The van der Waals surface area contributed by atoms with Gasteiger partial charge in [0.1, 0.15) is 6.61 Å². The van der Waals surface area contributed by atoms with Crippen molar-refractivity contribution in [2.24, 2.45) is 0 Å². The molecule has 33 heavy (non-hydrogen) atoms. The van der Waals surface area contributed by atoms with Crippen molar-refractivity contribution in [2.75, 3.05) is 6.61 Å². The summed E-state index contributed by atoms with van der Waals surface area (Å²) < 4.78 is 88.4. The van der Waals surface area contributed by atoms with Crippen molar-refractivity contribution in [2.45, 2.75) is 93.0 Å². The summed E-state index contributed by atoms with van der Waals surface area (Å²) in [6, 6.07) is 0. The topological polar surface area (TPSA) is 74.6 Å². The number of alkyl halides is 6. The van der Waals surface area contributed by atoms with Gasteiger partial charge in [-0.25, -0.2) is 4.98 Å². The van der Waals surface area contributed by atoms with E-state index in [1.807, 2.05) is 10.8 Å². The Morgan fingerprint density at radius 1 is 1.00 bits per heavy atom. The van der Waals surface area contributed by atoms with Gasteiger partial charge in [0.15, 0.2) is 0 Å². The van der Waals surface area contributed by atoms with Gasteiger partial charge in [0.2, 0.25) is 5.91 Å². The molecule has 5 aliphatic carbocycles. The van der Waals surface area contributed by atoms with E-state index in [0.29, 0.717) is 0 Å². The highest BCUT2D eigenvalue weighted by atomic mass is 19.4. The van der Waals surface area contributed by atoms with Gasteiger partial charge in [-0.15, -0.1) is 26.3 Å². The van der Waals surface area contributed by atoms with E-state index in [0.717, 1.165) is 25.0 Å². The van der Waals surface area contributed by atoms with Crippen molar-refractivity contribution in [3.63, 3.8) is 0 Å². The zero-order valence-electron chi connectivity index (χ0n) is 17.4. The number of nitrogens with zero attached hydrogens (tertiary/aromatic N) is 2. The number of hydrogen-bond acceptors (Lipinski definition) is 5. The molecule has 5 fully saturated rings. The molecule has 6 rings (SSSR count). The van der Waals surface area contributed by atoms with Crippen LogP contribution in [0.15, 0.2) is 12.5 Å². The average molecular weight is 483 g/mol. The fourth-order valence-corrected chi connectivity index (χ4v) is 5.51. The Bertz CT molecular complexity index is 885. The van der Waals surface area contributed by atoms with Crippen LogP contribution >= 0.6 is 0 Å². The van der Waals surface area contributed by atoms with Crippen molar-refractivity contribution < 1.29 is 45.3 Å². The number of hydrogen-bond donors (Lipinski definition) is 1. The fourth-order valence-electron chi connectivity index (χ4n) is 5.51. The third-order valence-corrected chi connectivity index (χ3v) is 7.17. The van der Waals surface area contributed by atoms with Crippen LogP contribution in [-0.4, -0.2) is 58.6 Å². The van der Waals surface area contributed by atoms with E-state index >= 15 is 0 Å². The SMILES string of the molecule is O=C(CO[C@H]1C[C@@H](OC(F)(F)F)C1)NC12CC(n3cnc(C4CC(OC(F)(F)F)C4)c3)(C1)C2. The zero-order valence-corrected chi connectivity index (χ0v) is 17.4. The van der Waals surface area contributed by atoms with Crippen LogP contribution in [0.25, 0.3) is 0 Å². The molecule has 2 bridgehead atoms. The van der Waals surface area contributed by atoms with Crippen LogP contribution in [0.4, 0.5) is 26.3 Å². The molecule has 0 aliphatic heterocycles. The summed E-state index contributed by atoms with van der Waals surface area (Å²) in [4.78, 5) is 16.5. The summed E-state index contributed by atoms with van der Waals surface area (Å²) >= 11 is 0. The van der Waals surface area contributed by atoms with E-state index in [1.54, 1.807) is 6.33 Å². The fraction of sp³-hybridized carbons (Fsp3) is 0.800. The lowest BCUT2D eigenvalue weighted by atomic mass is 9.44. The summed E-state index contributed by atoms with van der Waals surface area (Å²) in [7, 11) is 0. The molecule has 184 valence electrons. The van der Waals surface area contributed by atoms with Crippen LogP contribution < -0.4 is 5.32 Å². The Balaban J connectivity index is 1.01. The second kappa shape index (κ2) is 7.57. The van der Waals surface area contributed by atoms with Gasteiger partial charge >= 0.3 is 12.7 Å². The molecule has 7 nitrogen and oxygen atoms in total. The summed E-state index contributed by atoms with van der Waals surface area (Å²) in [6.45, 7) is -0.212. The highest BCUT2D eigenvalue weighted by Gasteiger charge is 2.69. The minimum Gasteiger partial charge on any atom is -0.368 e. The first-order valence-electron chi connectivity index (χ1n) is 10.8. The first-order valence-corrected chi connectivity index (χ1v) is 10.8. The number of rotatable bonds is 8. The van der Waals surface area contributed by atoms with Crippen LogP contribution in [-0.2, 0) is 24.5 Å². The normalized spacial score (nSPS) is 37.4. The van der Waals surface area contributed by atoms with Crippen LogP contribution in [0, 0.1) is 0 Å². The van der Waals surface area contributed by atoms with Gasteiger partial charge in [-0.05, 0) is 32.1 Å². The lowest BCUT2D eigenvalue weighted by molar-refractivity contribution is -0.357. The molecular weight excluding hydrogens is 460 g/mol. The van der Waals surface area contributed by atoms with Crippen molar-refractivity contribution in [3.05, 3.63) is 18.2 Å². The van der Waals surface area contributed by atoms with Gasteiger partial charge in [-0.1, -0.05) is 0 Å². The van der Waals surface area contributed by atoms with E-state index in [9.17, 15) is 31.1 Å². The van der Waals surface area contributed by atoms with E-state index in [1.165, 1.54) is 0 Å². The number of nitrogens with one attached hydrogen (secondary N) is 1. The van der Waals surface area contributed by atoms with Crippen LogP contribution in [0.3, 0.4) is 0 Å². The minimum atomic E-state index is -4.66. The lowest BCUT2D eigenvalue weighted by Gasteiger charge is -2.70. The smallest absolute Gasteiger partial charge is 0.368 e. The zero-order chi connectivity index (χ0) is 23.6. The molecule has 0 spiro atoms. The largest absolute Gasteiger partial charge is 0.522 e. The van der Waals surface area contributed by atoms with Crippen molar-refractivity contribution in [3.8, 4) is 0 Å². The predicted octanol–water partition coefficient (Wildman–Crippen LogP) is 3.50. The first-order chi connectivity index (χ1) is 15.3. The Morgan fingerprint density at radius 2 is 1.58 bits per heavy atom. The van der Waals surface area contributed by atoms with Gasteiger partial charge in [-0.3, -0.25) is 14.3 Å². The number of aromatic nitrogens is 2. The van der Waals surface area contributed by atoms with Gasteiger partial charge < -0.3 is 14.6 Å². The number of amides is 1. The molecule has 1 heterocycles. The number of carbonyl (C=O) groups excluding carboxylic acids is 1. The van der Waals surface area contributed by atoms with Crippen molar-refractivity contribution >= 4 is 5.91 Å². The predicted molar refractivity (Wildman–Crippen MR) is 97.7 cm³/mol. The molecule has 0 atom stereocenters. The highest BCUT2D eigenvalue weighted by Crippen LogP contribution is 2.65. The second-order valence-corrected chi connectivity index (χ2v) is 9.73. The van der Waals surface area contributed by atoms with E-state index in [2.05, 4.69) is 19.8 Å². The number of halogens is 6. The number of ether oxygens (including phenoxy) is 3. The summed E-state index contributed by atoms with van der Waals surface area (Å²) in [5, 5.41) is 2.95. The van der Waals surface area contributed by atoms with Crippen molar-refractivity contribution in [1.29, 1.82) is 0 Å². The van der Waals surface area contributed by atoms with Crippen molar-refractivity contribution in [1.82, 2.24) is 14.9 Å². The first kappa shape index (κ1) is 22.9. The van der Waals surface area contributed by atoms with E-state index in [4.69, 9.17) is 4.74 Å². The molecule has 5 saturated carbocycles. The number of imidazole rings is 1. The van der Waals surface area contributed by atoms with Gasteiger partial charge in [0, 0.05) is 30.5 Å². The highest BCUT2D eigenvalue weighted by molar-refractivity contribution is 5.78. The number of carbonyl (C=O) groups is 1. The Kier molecular flexibility index (Phi) is 5.26. The molecule has 5 aliphatic rings. The Morgan fingerprint density at radius 3 is 2.15 bits per heavy atom. The van der Waals surface area contributed by atoms with Gasteiger partial charge in [0.25, 0.3) is 0 Å². The third-order valence-electron chi connectivity index (χ3n) is 7.17. The molecule has 1 aromatic rings. The summed E-state index contributed by atoms with van der Waals surface area (Å²) in [6.07, 6.45) is -4.93. The summed E-state index contributed by atoms with van der Waals surface area (Å²) in [5.74, 6) is -0.357. The van der Waals surface area contributed by atoms with Crippen LogP contribution in [0.1, 0.15) is 56.6 Å². The lowest BCUT2D eigenvalue weighted by Crippen LogP contribution is -2.78. The standard InChI is InChI=1S/C20H23F6N3O4/c21-19(22,23)32-13-1-11(2-13)15-5-29(10-27-15)18-7-17(8-18,9-18)28-16(30)6-31-12-3-14(4-12)33-20(24,25)26/h5,10-14H,1-4,6-9H2,(H,28,30)/t11?,12-,13?,14+,17?,18?. The molecule has 0 unspecified atom stereocenters. The Hall–Kier alpha value is -1.86. The molecule has 13 heteroatoms. The van der Waals surface area contributed by atoms with Gasteiger partial charge in [0.05, 0.1) is 35.9 Å². The molecule has 0 radical (unpaired) electrons. The molecule has 0 aromatic carbocycles. The Labute approximate surface area is 184 Å². The average Bonchev–Trinajstić information content (AvgIpc) is 3.01. The maximum Gasteiger partial charge on any atom is 0.522 e. The van der Waals surface area contributed by atoms with Crippen LogP contribution in [0.5, 0.6) is 0 Å². The summed E-state index contributed by atoms with van der Waals surface area (Å²) in [5.41, 5.74) is 0.303. The molecule has 0 saturated heterocycles. The van der Waals surface area contributed by atoms with Gasteiger partial charge in [-0.2, -0.15) is 0 Å². The molecule has 1 aromatic heterocycles. The maximum atomic E-state index is 12.3. The van der Waals surface area contributed by atoms with E-state index < -0.39 is 31.0 Å². The third kappa shape index (κ3) is 4.72. The van der Waals surface area contributed by atoms with E-state index in [-0.39, 0.29) is 55.2 Å². The molecule has 1 amide bonds. The molecular formula is C20H23F6N3O4. The monoisotopic (exact) mass is 483 g/mol. The minimum absolute atomic E-state index is 0.0515.